The number of hydrogen-bond acceptors (Lipinski definition) is 4. The molecule has 94 valence electrons. The van der Waals surface area contributed by atoms with E-state index in [1.807, 2.05) is 13.8 Å². The van der Waals surface area contributed by atoms with Crippen LogP contribution in [0.15, 0.2) is 11.4 Å². The van der Waals surface area contributed by atoms with E-state index < -0.39 is 5.97 Å². The highest BCUT2D eigenvalue weighted by atomic mass is 32.1. The quantitative estimate of drug-likeness (QED) is 0.814. The summed E-state index contributed by atoms with van der Waals surface area (Å²) in [7, 11) is 0. The zero-order chi connectivity index (χ0) is 12.8. The normalized spacial score (nSPS) is 11.9. The van der Waals surface area contributed by atoms with Crippen molar-refractivity contribution in [1.29, 1.82) is 0 Å². The first-order chi connectivity index (χ1) is 8.04. The molecule has 1 unspecified atom stereocenters. The Hall–Kier alpha value is -1.56. The van der Waals surface area contributed by atoms with Crippen LogP contribution >= 0.6 is 11.3 Å². The van der Waals surface area contributed by atoms with Crippen LogP contribution in [-0.4, -0.2) is 29.6 Å². The number of carboxylic acids is 1. The third-order valence-corrected chi connectivity index (χ3v) is 3.09. The third-order valence-electron chi connectivity index (χ3n) is 2.20. The van der Waals surface area contributed by atoms with Gasteiger partial charge in [0.15, 0.2) is 11.5 Å². The van der Waals surface area contributed by atoms with Crippen molar-refractivity contribution < 1.29 is 19.4 Å². The van der Waals surface area contributed by atoms with E-state index in [9.17, 15) is 9.59 Å². The Morgan fingerprint density at radius 1 is 1.59 bits per heavy atom. The number of hydrogen-bond donors (Lipinski definition) is 2. The van der Waals surface area contributed by atoms with Gasteiger partial charge in [-0.2, -0.15) is 0 Å². The maximum Gasteiger partial charge on any atom is 0.349 e. The number of carboxylic acid groups (broad SMARTS) is 1. The molecule has 17 heavy (non-hydrogen) atoms. The number of ether oxygens (including phenoxy) is 1. The summed E-state index contributed by atoms with van der Waals surface area (Å²) in [6.45, 7) is 3.69. The highest BCUT2D eigenvalue weighted by Gasteiger charge is 2.14. The van der Waals surface area contributed by atoms with Crippen molar-refractivity contribution in [3.05, 3.63) is 16.3 Å². The summed E-state index contributed by atoms with van der Waals surface area (Å²) in [5.74, 6) is -1.05. The highest BCUT2D eigenvalue weighted by molar-refractivity contribution is 7.12. The van der Waals surface area contributed by atoms with Crippen molar-refractivity contribution in [2.75, 3.05) is 6.61 Å². The lowest BCUT2D eigenvalue weighted by Gasteiger charge is -2.11. The SMILES string of the molecule is CCC(C)NC(=O)COc1ccsc1C(=O)O. The lowest BCUT2D eigenvalue weighted by molar-refractivity contribution is -0.123. The maximum absolute atomic E-state index is 11.4. The van der Waals surface area contributed by atoms with E-state index in [2.05, 4.69) is 5.32 Å². The molecule has 5 nitrogen and oxygen atoms in total. The summed E-state index contributed by atoms with van der Waals surface area (Å²) >= 11 is 1.07. The molecule has 0 fully saturated rings. The molecule has 1 aromatic heterocycles. The Kier molecular flexibility index (Phi) is 4.96. The van der Waals surface area contributed by atoms with E-state index in [-0.39, 0.29) is 29.2 Å². The Labute approximate surface area is 103 Å². The molecule has 1 heterocycles. The highest BCUT2D eigenvalue weighted by Crippen LogP contribution is 2.24. The molecule has 1 aromatic rings. The average Bonchev–Trinajstić information content (AvgIpc) is 2.74. The van der Waals surface area contributed by atoms with E-state index in [0.29, 0.717) is 0 Å². The van der Waals surface area contributed by atoms with Crippen molar-refractivity contribution in [3.63, 3.8) is 0 Å². The van der Waals surface area contributed by atoms with E-state index in [1.165, 1.54) is 0 Å². The zero-order valence-electron chi connectivity index (χ0n) is 9.73. The Morgan fingerprint density at radius 3 is 2.88 bits per heavy atom. The number of carbonyl (C=O) groups excluding carboxylic acids is 1. The molecule has 0 radical (unpaired) electrons. The van der Waals surface area contributed by atoms with Crippen LogP contribution < -0.4 is 10.1 Å². The Bertz CT molecular complexity index is 402. The second kappa shape index (κ2) is 6.24. The van der Waals surface area contributed by atoms with Crippen molar-refractivity contribution in [2.24, 2.45) is 0 Å². The first-order valence-electron chi connectivity index (χ1n) is 5.27. The number of rotatable bonds is 6. The summed E-state index contributed by atoms with van der Waals surface area (Å²) in [5.41, 5.74) is 0. The fourth-order valence-electron chi connectivity index (χ4n) is 1.13. The summed E-state index contributed by atoms with van der Waals surface area (Å²) in [6.07, 6.45) is 0.838. The smallest absolute Gasteiger partial charge is 0.349 e. The van der Waals surface area contributed by atoms with Gasteiger partial charge in [-0.3, -0.25) is 4.79 Å². The van der Waals surface area contributed by atoms with Crippen LogP contribution in [0.2, 0.25) is 0 Å². The first kappa shape index (κ1) is 13.5. The number of carbonyl (C=O) groups is 2. The molecule has 0 saturated heterocycles. The molecule has 0 aliphatic heterocycles. The van der Waals surface area contributed by atoms with Crippen LogP contribution in [0, 0.1) is 0 Å². The van der Waals surface area contributed by atoms with Gasteiger partial charge in [-0.15, -0.1) is 11.3 Å². The van der Waals surface area contributed by atoms with Gasteiger partial charge in [-0.05, 0) is 24.8 Å². The fourth-order valence-corrected chi connectivity index (χ4v) is 1.80. The van der Waals surface area contributed by atoms with Crippen LogP contribution in [0.25, 0.3) is 0 Å². The maximum atomic E-state index is 11.4. The van der Waals surface area contributed by atoms with Gasteiger partial charge >= 0.3 is 5.97 Å². The Morgan fingerprint density at radius 2 is 2.29 bits per heavy atom. The summed E-state index contributed by atoms with van der Waals surface area (Å²) in [6, 6.07) is 1.64. The van der Waals surface area contributed by atoms with Crippen LogP contribution in [0.4, 0.5) is 0 Å². The summed E-state index contributed by atoms with van der Waals surface area (Å²) in [5, 5.41) is 13.2. The molecule has 0 spiro atoms. The molecule has 0 bridgehead atoms. The third kappa shape index (κ3) is 4.07. The van der Waals surface area contributed by atoms with Gasteiger partial charge < -0.3 is 15.2 Å². The van der Waals surface area contributed by atoms with E-state index in [0.717, 1.165) is 17.8 Å². The lowest BCUT2D eigenvalue weighted by Crippen LogP contribution is -2.35. The molecule has 1 amide bonds. The molecule has 1 rings (SSSR count). The van der Waals surface area contributed by atoms with Crippen molar-refractivity contribution in [1.82, 2.24) is 5.32 Å². The van der Waals surface area contributed by atoms with Gasteiger partial charge in [0.05, 0.1) is 0 Å². The van der Waals surface area contributed by atoms with Gasteiger partial charge in [0.1, 0.15) is 5.75 Å². The predicted molar refractivity (Wildman–Crippen MR) is 64.7 cm³/mol. The number of amides is 1. The van der Waals surface area contributed by atoms with Crippen LogP contribution in [0.3, 0.4) is 0 Å². The topological polar surface area (TPSA) is 75.6 Å². The van der Waals surface area contributed by atoms with Gasteiger partial charge in [0, 0.05) is 6.04 Å². The Balaban J connectivity index is 2.47. The largest absolute Gasteiger partial charge is 0.482 e. The molecule has 0 aliphatic rings. The summed E-state index contributed by atoms with van der Waals surface area (Å²) in [4.78, 5) is 22.3. The van der Waals surface area contributed by atoms with Crippen molar-refractivity contribution in [2.45, 2.75) is 26.3 Å². The second-order valence-electron chi connectivity index (χ2n) is 3.58. The van der Waals surface area contributed by atoms with Crippen LogP contribution in [0.5, 0.6) is 5.75 Å². The van der Waals surface area contributed by atoms with Gasteiger partial charge in [-0.1, -0.05) is 6.92 Å². The molecule has 2 N–H and O–H groups in total. The standard InChI is InChI=1S/C11H15NO4S/c1-3-7(2)12-9(13)6-16-8-4-5-17-10(8)11(14)15/h4-5,7H,3,6H2,1-2H3,(H,12,13)(H,14,15). The monoisotopic (exact) mass is 257 g/mol. The van der Waals surface area contributed by atoms with E-state index in [4.69, 9.17) is 9.84 Å². The average molecular weight is 257 g/mol. The van der Waals surface area contributed by atoms with E-state index in [1.54, 1.807) is 11.4 Å². The second-order valence-corrected chi connectivity index (χ2v) is 4.50. The molecule has 0 saturated carbocycles. The molecule has 6 heteroatoms. The molecule has 0 aliphatic carbocycles. The molecule has 0 aromatic carbocycles. The number of aromatic carboxylic acids is 1. The first-order valence-corrected chi connectivity index (χ1v) is 6.15. The van der Waals surface area contributed by atoms with Crippen LogP contribution in [0.1, 0.15) is 29.9 Å². The minimum Gasteiger partial charge on any atom is -0.482 e. The number of thiophene rings is 1. The number of nitrogens with one attached hydrogen (secondary N) is 1. The molecular formula is C11H15NO4S. The minimum absolute atomic E-state index is 0.0903. The summed E-state index contributed by atoms with van der Waals surface area (Å²) < 4.78 is 5.16. The van der Waals surface area contributed by atoms with Gasteiger partial charge in [0.2, 0.25) is 0 Å². The minimum atomic E-state index is -1.04. The lowest BCUT2D eigenvalue weighted by atomic mass is 10.2. The van der Waals surface area contributed by atoms with Gasteiger partial charge in [-0.25, -0.2) is 4.79 Å². The predicted octanol–water partition coefficient (Wildman–Crippen LogP) is 1.74. The van der Waals surface area contributed by atoms with Crippen LogP contribution in [-0.2, 0) is 4.79 Å². The fraction of sp³-hybridized carbons (Fsp3) is 0.455. The van der Waals surface area contributed by atoms with Gasteiger partial charge in [0.25, 0.3) is 5.91 Å². The van der Waals surface area contributed by atoms with Crippen molar-refractivity contribution in [3.8, 4) is 5.75 Å². The zero-order valence-corrected chi connectivity index (χ0v) is 10.5. The van der Waals surface area contributed by atoms with Crippen molar-refractivity contribution >= 4 is 23.2 Å². The van der Waals surface area contributed by atoms with E-state index >= 15 is 0 Å². The molecule has 1 atom stereocenters. The molecular weight excluding hydrogens is 242 g/mol.